The Hall–Kier alpha value is -3.26. The highest BCUT2D eigenvalue weighted by Gasteiger charge is 2.37. The monoisotopic (exact) mass is 490 g/mol. The highest BCUT2D eigenvalue weighted by atomic mass is 32.2. The summed E-state index contributed by atoms with van der Waals surface area (Å²) in [6.07, 6.45) is 3.27. The van der Waals surface area contributed by atoms with E-state index in [2.05, 4.69) is 31.3 Å². The number of fused-ring (bicyclic) bond motifs is 1. The van der Waals surface area contributed by atoms with E-state index in [9.17, 15) is 4.79 Å². The van der Waals surface area contributed by atoms with E-state index in [-0.39, 0.29) is 11.8 Å². The number of benzene rings is 2. The number of aromatic nitrogens is 3. The molecule has 1 atom stereocenters. The predicted octanol–water partition coefficient (Wildman–Crippen LogP) is 5.70. The van der Waals surface area contributed by atoms with Crippen molar-refractivity contribution in [2.45, 2.75) is 57.3 Å². The van der Waals surface area contributed by atoms with Crippen molar-refractivity contribution in [3.8, 4) is 11.5 Å². The summed E-state index contributed by atoms with van der Waals surface area (Å²) >= 11 is 1.63. The van der Waals surface area contributed by atoms with E-state index in [0.29, 0.717) is 30.5 Å². The minimum atomic E-state index is -0.350. The summed E-state index contributed by atoms with van der Waals surface area (Å²) in [5.74, 6) is 3.07. The van der Waals surface area contributed by atoms with Gasteiger partial charge < -0.3 is 14.8 Å². The number of hydrogen-bond donors (Lipinski definition) is 1. The zero-order valence-corrected chi connectivity index (χ0v) is 21.2. The second-order valence-corrected chi connectivity index (χ2v) is 9.96. The van der Waals surface area contributed by atoms with E-state index in [1.165, 1.54) is 5.56 Å². The summed E-state index contributed by atoms with van der Waals surface area (Å²) in [7, 11) is 1.64. The van der Waals surface area contributed by atoms with Crippen LogP contribution >= 0.6 is 11.8 Å². The number of Topliss-reactive ketones (excluding diaryl/α,β-unsaturated/α-hetero) is 1. The smallest absolute Gasteiger partial charge is 0.227 e. The van der Waals surface area contributed by atoms with E-state index in [4.69, 9.17) is 19.6 Å². The Morgan fingerprint density at radius 3 is 2.86 bits per heavy atom. The Labute approximate surface area is 209 Å². The molecule has 3 aromatic rings. The van der Waals surface area contributed by atoms with Gasteiger partial charge in [-0.1, -0.05) is 54.6 Å². The lowest BCUT2D eigenvalue weighted by Gasteiger charge is -2.32. The van der Waals surface area contributed by atoms with Gasteiger partial charge in [0.2, 0.25) is 11.1 Å². The summed E-state index contributed by atoms with van der Waals surface area (Å²) in [4.78, 5) is 17.8. The minimum Gasteiger partial charge on any atom is -0.493 e. The van der Waals surface area contributed by atoms with Crippen LogP contribution in [0.15, 0.2) is 58.9 Å². The van der Waals surface area contributed by atoms with E-state index in [1.54, 1.807) is 18.9 Å². The molecule has 0 saturated heterocycles. The first kappa shape index (κ1) is 23.5. The summed E-state index contributed by atoms with van der Waals surface area (Å²) < 4.78 is 13.7. The normalized spacial score (nSPS) is 17.0. The molecule has 5 rings (SSSR count). The number of ether oxygens (including phenoxy) is 2. The highest BCUT2D eigenvalue weighted by Crippen LogP contribution is 2.42. The van der Waals surface area contributed by atoms with Crippen LogP contribution in [0.1, 0.15) is 55.3 Å². The van der Waals surface area contributed by atoms with E-state index in [1.807, 2.05) is 35.0 Å². The van der Waals surface area contributed by atoms with Gasteiger partial charge in [-0.05, 0) is 49.4 Å². The van der Waals surface area contributed by atoms with Gasteiger partial charge in [0.15, 0.2) is 17.3 Å². The molecule has 1 aliphatic carbocycles. The van der Waals surface area contributed by atoms with Gasteiger partial charge in [-0.25, -0.2) is 4.68 Å². The third-order valence-corrected chi connectivity index (χ3v) is 7.31. The van der Waals surface area contributed by atoms with Gasteiger partial charge in [-0.3, -0.25) is 4.79 Å². The van der Waals surface area contributed by atoms with Crippen LogP contribution in [-0.2, 0) is 11.4 Å². The Balaban J connectivity index is 1.49. The second kappa shape index (κ2) is 10.2. The molecule has 2 aliphatic rings. The minimum absolute atomic E-state index is 0.159. The van der Waals surface area contributed by atoms with Crippen molar-refractivity contribution in [1.29, 1.82) is 0 Å². The Kier molecular flexibility index (Phi) is 6.81. The Morgan fingerprint density at radius 2 is 2.06 bits per heavy atom. The van der Waals surface area contributed by atoms with Crippen molar-refractivity contribution in [1.82, 2.24) is 14.8 Å². The van der Waals surface area contributed by atoms with Crippen molar-refractivity contribution in [2.75, 3.05) is 18.2 Å². The summed E-state index contributed by atoms with van der Waals surface area (Å²) in [5.41, 5.74) is 4.95. The molecular weight excluding hydrogens is 460 g/mol. The number of hydrogen-bond acceptors (Lipinski definition) is 7. The number of ketones is 1. The van der Waals surface area contributed by atoms with Crippen molar-refractivity contribution in [3.63, 3.8) is 0 Å². The SMILES string of the molecule is CCCSc1nc2n(n1)C(c1ccc(OCc3cccc(C)c3)c(OC)c1)C1=C(CCCC1=O)N2. The van der Waals surface area contributed by atoms with Gasteiger partial charge in [0, 0.05) is 23.4 Å². The molecule has 8 heteroatoms. The van der Waals surface area contributed by atoms with E-state index in [0.717, 1.165) is 52.6 Å². The van der Waals surface area contributed by atoms with Crippen molar-refractivity contribution < 1.29 is 14.3 Å². The van der Waals surface area contributed by atoms with Crippen molar-refractivity contribution >= 4 is 23.5 Å². The van der Waals surface area contributed by atoms with Gasteiger partial charge in [-0.2, -0.15) is 4.98 Å². The molecule has 0 radical (unpaired) electrons. The summed E-state index contributed by atoms with van der Waals surface area (Å²) in [6, 6.07) is 13.8. The highest BCUT2D eigenvalue weighted by molar-refractivity contribution is 7.99. The zero-order valence-electron chi connectivity index (χ0n) is 20.3. The maximum absolute atomic E-state index is 13.1. The van der Waals surface area contributed by atoms with E-state index >= 15 is 0 Å². The topological polar surface area (TPSA) is 78.3 Å². The molecule has 35 heavy (non-hydrogen) atoms. The average Bonchev–Trinajstić information content (AvgIpc) is 3.27. The third-order valence-electron chi connectivity index (χ3n) is 6.26. The lowest BCUT2D eigenvalue weighted by atomic mass is 9.85. The molecule has 0 saturated carbocycles. The van der Waals surface area contributed by atoms with Crippen LogP contribution < -0.4 is 14.8 Å². The van der Waals surface area contributed by atoms with Crippen molar-refractivity contribution in [2.24, 2.45) is 0 Å². The zero-order chi connectivity index (χ0) is 24.4. The standard InChI is InChI=1S/C27H30N4O3S/c1-4-13-35-27-29-26-28-20-9-6-10-21(32)24(20)25(31(26)30-27)19-11-12-22(23(15-19)33-3)34-16-18-8-5-7-17(2)14-18/h5,7-8,11-12,14-15,25H,4,6,9-10,13,16H2,1-3H3,(H,28,29,30). The lowest BCUT2D eigenvalue weighted by Crippen LogP contribution is -2.31. The summed E-state index contributed by atoms with van der Waals surface area (Å²) in [5, 5.41) is 8.89. The van der Waals surface area contributed by atoms with Crippen LogP contribution in [0.2, 0.25) is 0 Å². The Morgan fingerprint density at radius 1 is 1.17 bits per heavy atom. The van der Waals surface area contributed by atoms with Gasteiger partial charge >= 0.3 is 0 Å². The van der Waals surface area contributed by atoms with Crippen LogP contribution in [0.3, 0.4) is 0 Å². The maximum Gasteiger partial charge on any atom is 0.227 e. The van der Waals surface area contributed by atoms with Crippen molar-refractivity contribution in [3.05, 3.63) is 70.4 Å². The second-order valence-electron chi connectivity index (χ2n) is 8.90. The number of carbonyl (C=O) groups excluding carboxylic acids is 1. The van der Waals surface area contributed by atoms with Gasteiger partial charge in [0.05, 0.1) is 7.11 Å². The molecule has 0 amide bonds. The molecular formula is C27H30N4O3S. The molecule has 1 aliphatic heterocycles. The third kappa shape index (κ3) is 4.80. The number of aryl methyl sites for hydroxylation is 1. The summed E-state index contributed by atoms with van der Waals surface area (Å²) in [6.45, 7) is 4.65. The lowest BCUT2D eigenvalue weighted by molar-refractivity contribution is -0.116. The molecule has 1 aromatic heterocycles. The number of nitrogens with one attached hydrogen (secondary N) is 1. The number of carbonyl (C=O) groups is 1. The fourth-order valence-electron chi connectivity index (χ4n) is 4.64. The molecule has 0 spiro atoms. The van der Waals surface area contributed by atoms with Gasteiger partial charge in [0.25, 0.3) is 0 Å². The fraction of sp³-hybridized carbons (Fsp3) is 0.370. The fourth-order valence-corrected chi connectivity index (χ4v) is 5.32. The van der Waals surface area contributed by atoms with Crippen LogP contribution in [0.4, 0.5) is 5.95 Å². The van der Waals surface area contributed by atoms with Gasteiger partial charge in [0.1, 0.15) is 12.6 Å². The molecule has 7 nitrogen and oxygen atoms in total. The number of allylic oxidation sites excluding steroid dienone is 2. The molecule has 1 unspecified atom stereocenters. The van der Waals surface area contributed by atoms with Crippen LogP contribution in [0.25, 0.3) is 0 Å². The number of rotatable bonds is 8. The van der Waals surface area contributed by atoms with Gasteiger partial charge in [-0.15, -0.1) is 5.10 Å². The number of nitrogens with zero attached hydrogens (tertiary/aromatic N) is 3. The molecule has 2 heterocycles. The van der Waals surface area contributed by atoms with Crippen LogP contribution in [0.5, 0.6) is 11.5 Å². The number of anilines is 1. The first-order valence-corrected chi connectivity index (χ1v) is 13.0. The van der Waals surface area contributed by atoms with Crippen LogP contribution in [-0.4, -0.2) is 33.4 Å². The quantitative estimate of drug-likeness (QED) is 0.406. The molecule has 182 valence electrons. The largest absolute Gasteiger partial charge is 0.493 e. The molecule has 2 aromatic carbocycles. The first-order chi connectivity index (χ1) is 17.1. The first-order valence-electron chi connectivity index (χ1n) is 12.1. The predicted molar refractivity (Wildman–Crippen MR) is 137 cm³/mol. The van der Waals surface area contributed by atoms with E-state index < -0.39 is 0 Å². The molecule has 0 bridgehead atoms. The Bertz CT molecular complexity index is 1280. The molecule has 1 N–H and O–H groups in total. The molecule has 0 fully saturated rings. The number of methoxy groups -OCH3 is 1. The van der Waals surface area contributed by atoms with Crippen LogP contribution in [0, 0.1) is 6.92 Å². The number of thioether (sulfide) groups is 1. The maximum atomic E-state index is 13.1. The average molecular weight is 491 g/mol.